The zero-order valence-electron chi connectivity index (χ0n) is 28.0. The summed E-state index contributed by atoms with van der Waals surface area (Å²) >= 11 is 0. The van der Waals surface area contributed by atoms with Crippen LogP contribution in [-0.4, -0.2) is 119 Å². The zero-order valence-corrected chi connectivity index (χ0v) is 28.0. The second-order valence-electron chi connectivity index (χ2n) is 14.6. The number of aliphatic hydroxyl groups is 1. The van der Waals surface area contributed by atoms with Crippen molar-refractivity contribution in [2.24, 2.45) is 34.5 Å². The summed E-state index contributed by atoms with van der Waals surface area (Å²) in [6.45, 7) is 5.80. The van der Waals surface area contributed by atoms with E-state index in [1.54, 1.807) is 59.8 Å². The van der Waals surface area contributed by atoms with Gasteiger partial charge in [0.1, 0.15) is 23.1 Å². The lowest BCUT2D eigenvalue weighted by Crippen LogP contribution is -2.77. The topological polar surface area (TPSA) is 122 Å². The van der Waals surface area contributed by atoms with Gasteiger partial charge in [-0.3, -0.25) is 9.69 Å². The number of hydrogen-bond donors (Lipinski definition) is 1. The third-order valence-electron chi connectivity index (χ3n) is 13.3. The molecule has 1 N–H and O–H groups in total. The summed E-state index contributed by atoms with van der Waals surface area (Å²) in [5, 5.41) is 12.8. The predicted octanol–water partition coefficient (Wildman–Crippen LogP) is 2.72. The Balaban J connectivity index is 1.46. The third-order valence-corrected chi connectivity index (χ3v) is 13.3. The quantitative estimate of drug-likeness (QED) is 0.379. The number of hydrogen-bond acceptors (Lipinski definition) is 11. The van der Waals surface area contributed by atoms with Crippen LogP contribution in [0.3, 0.4) is 0 Å². The van der Waals surface area contributed by atoms with E-state index in [1.165, 1.54) is 6.92 Å². The van der Waals surface area contributed by atoms with Crippen molar-refractivity contribution in [1.82, 2.24) is 4.90 Å². The van der Waals surface area contributed by atoms with Crippen molar-refractivity contribution in [2.75, 3.05) is 55.2 Å². The lowest BCUT2D eigenvalue weighted by atomic mass is 9.43. The predicted molar refractivity (Wildman–Crippen MR) is 164 cm³/mol. The third kappa shape index (κ3) is 3.87. The summed E-state index contributed by atoms with van der Waals surface area (Å²) in [4.78, 5) is 29.7. The minimum Gasteiger partial charge on any atom is -0.497 e. The average Bonchev–Trinajstić information content (AvgIpc) is 3.42. The molecule has 1 saturated heterocycles. The van der Waals surface area contributed by atoms with Gasteiger partial charge in [0.05, 0.1) is 37.6 Å². The molecule has 1 aromatic carbocycles. The van der Waals surface area contributed by atoms with E-state index in [-0.39, 0.29) is 47.8 Å². The van der Waals surface area contributed by atoms with Crippen molar-refractivity contribution in [3.63, 3.8) is 0 Å². The van der Waals surface area contributed by atoms with Crippen LogP contribution < -0.4 is 4.74 Å². The lowest BCUT2D eigenvalue weighted by molar-refractivity contribution is -0.287. The van der Waals surface area contributed by atoms with Crippen LogP contribution in [0.25, 0.3) is 0 Å². The minimum atomic E-state index is -1.51. The van der Waals surface area contributed by atoms with Crippen LogP contribution in [0.4, 0.5) is 0 Å². The van der Waals surface area contributed by atoms with Crippen molar-refractivity contribution in [2.45, 2.75) is 81.2 Å². The van der Waals surface area contributed by atoms with Crippen LogP contribution in [0.15, 0.2) is 24.3 Å². The van der Waals surface area contributed by atoms with E-state index < -0.39 is 46.7 Å². The molecule has 13 atom stereocenters. The number of likely N-dealkylation sites (tertiary alicyclic amines) is 1. The molecule has 5 aliphatic carbocycles. The number of piperidine rings is 1. The Morgan fingerprint density at radius 2 is 1.70 bits per heavy atom. The molecule has 1 aliphatic heterocycles. The Hall–Kier alpha value is -2.28. The zero-order chi connectivity index (χ0) is 32.8. The number of ether oxygens (including phenoxy) is 7. The van der Waals surface area contributed by atoms with E-state index in [1.807, 2.05) is 0 Å². The molecule has 0 aromatic heterocycles. The Labute approximate surface area is 271 Å². The van der Waals surface area contributed by atoms with Gasteiger partial charge in [-0.15, -0.1) is 0 Å². The number of carbonyl (C=O) groups excluding carboxylic acids is 2. The molecular weight excluding hydrogens is 594 g/mol. The van der Waals surface area contributed by atoms with E-state index in [0.717, 1.165) is 25.9 Å². The van der Waals surface area contributed by atoms with Gasteiger partial charge in [-0.05, 0) is 56.0 Å². The normalized spacial score (nSPS) is 46.6. The highest BCUT2D eigenvalue weighted by molar-refractivity contribution is 5.89. The first-order valence-electron chi connectivity index (χ1n) is 16.6. The van der Waals surface area contributed by atoms with Gasteiger partial charge in [-0.25, -0.2) is 4.79 Å². The maximum atomic E-state index is 13.9. The van der Waals surface area contributed by atoms with Crippen molar-refractivity contribution in [1.29, 1.82) is 0 Å². The number of esters is 2. The molecule has 6 aliphatic rings. The van der Waals surface area contributed by atoms with Crippen LogP contribution in [-0.2, 0) is 33.2 Å². The fourth-order valence-corrected chi connectivity index (χ4v) is 12.4. The van der Waals surface area contributed by atoms with E-state index in [4.69, 9.17) is 33.2 Å². The van der Waals surface area contributed by atoms with Gasteiger partial charge in [0, 0.05) is 83.0 Å². The van der Waals surface area contributed by atoms with E-state index in [2.05, 4.69) is 11.8 Å². The maximum Gasteiger partial charge on any atom is 0.338 e. The van der Waals surface area contributed by atoms with Gasteiger partial charge in [0.25, 0.3) is 0 Å². The molecule has 0 radical (unpaired) electrons. The molecule has 7 rings (SSSR count). The molecule has 11 heteroatoms. The van der Waals surface area contributed by atoms with Crippen LogP contribution in [0.1, 0.15) is 49.9 Å². The first-order valence-corrected chi connectivity index (χ1v) is 16.6. The van der Waals surface area contributed by atoms with Gasteiger partial charge >= 0.3 is 11.9 Å². The highest BCUT2D eigenvalue weighted by Crippen LogP contribution is 2.80. The molecule has 1 heterocycles. The molecule has 254 valence electrons. The smallest absolute Gasteiger partial charge is 0.338 e. The SMILES string of the molecule is CCN1C[C@]2(COC)CCC(OC)[C@@]34C5C[C@]6(O)[C@H](OC(=O)c7ccc(OC)cc7)C5[C@@](OC(C)=O)(C[C@H]6OC)[C@@H]([C@H](OC)C23)[C@@H]14. The molecular formula is C35H49NO10. The standard InChI is InChI=1S/C35H49NO10/c1-8-36-17-32(18-40-3)14-13-23(42-5)35-22-15-33(39)24(43-6)16-34(46-19(2)37,26(29(35)36)27(44-7)28(32)35)25(22)30(33)45-31(38)20-9-11-21(41-4)12-10-20/h9-12,22-30,39H,8,13-18H2,1-7H3/t22?,23?,24-,25?,26+,27+,28?,29-,30-,32+,33-,34+,35+/m1/s1. The van der Waals surface area contributed by atoms with Crippen LogP contribution in [0.5, 0.6) is 5.75 Å². The Kier molecular flexibility index (Phi) is 7.81. The highest BCUT2D eigenvalue weighted by Gasteiger charge is 2.89. The number of carbonyl (C=O) groups is 2. The van der Waals surface area contributed by atoms with Crippen molar-refractivity contribution < 1.29 is 47.9 Å². The summed E-state index contributed by atoms with van der Waals surface area (Å²) in [7, 11) is 8.44. The van der Waals surface area contributed by atoms with Crippen LogP contribution in [0.2, 0.25) is 0 Å². The van der Waals surface area contributed by atoms with E-state index in [9.17, 15) is 14.7 Å². The summed E-state index contributed by atoms with van der Waals surface area (Å²) < 4.78 is 43.6. The van der Waals surface area contributed by atoms with E-state index >= 15 is 0 Å². The largest absolute Gasteiger partial charge is 0.497 e. The second kappa shape index (κ2) is 11.1. The number of rotatable bonds is 10. The first-order chi connectivity index (χ1) is 22.1. The monoisotopic (exact) mass is 643 g/mol. The van der Waals surface area contributed by atoms with Gasteiger partial charge in [-0.1, -0.05) is 6.92 Å². The maximum absolute atomic E-state index is 13.9. The lowest BCUT2D eigenvalue weighted by Gasteiger charge is -2.69. The molecule has 5 saturated carbocycles. The minimum absolute atomic E-state index is 0.00534. The molecule has 0 amide bonds. The molecule has 6 fully saturated rings. The van der Waals surface area contributed by atoms with Crippen LogP contribution in [0, 0.1) is 34.5 Å². The van der Waals surface area contributed by atoms with Crippen molar-refractivity contribution in [3.8, 4) is 5.75 Å². The Morgan fingerprint density at radius 3 is 2.28 bits per heavy atom. The van der Waals surface area contributed by atoms with Gasteiger partial charge in [0.15, 0.2) is 0 Å². The van der Waals surface area contributed by atoms with Gasteiger partial charge < -0.3 is 38.3 Å². The van der Waals surface area contributed by atoms with E-state index in [0.29, 0.717) is 24.3 Å². The molecule has 4 unspecified atom stereocenters. The molecule has 46 heavy (non-hydrogen) atoms. The van der Waals surface area contributed by atoms with Crippen molar-refractivity contribution in [3.05, 3.63) is 29.8 Å². The number of nitrogens with zero attached hydrogens (tertiary/aromatic N) is 1. The summed E-state index contributed by atoms with van der Waals surface area (Å²) in [5.41, 5.74) is -3.03. The number of benzene rings is 1. The summed E-state index contributed by atoms with van der Waals surface area (Å²) in [5.74, 6) is -1.38. The fraction of sp³-hybridized carbons (Fsp3) is 0.771. The Morgan fingerprint density at radius 1 is 0.978 bits per heavy atom. The first kappa shape index (κ1) is 32.3. The summed E-state index contributed by atoms with van der Waals surface area (Å²) in [6.07, 6.45) is 0.142. The number of fused-ring (bicyclic) bond motifs is 2. The molecule has 1 spiro atoms. The fourth-order valence-electron chi connectivity index (χ4n) is 12.4. The summed E-state index contributed by atoms with van der Waals surface area (Å²) in [6, 6.07) is 6.66. The van der Waals surface area contributed by atoms with Crippen molar-refractivity contribution >= 4 is 11.9 Å². The highest BCUT2D eigenvalue weighted by atomic mass is 16.6. The average molecular weight is 644 g/mol. The number of methoxy groups -OCH3 is 5. The van der Waals surface area contributed by atoms with Gasteiger partial charge in [-0.2, -0.15) is 0 Å². The van der Waals surface area contributed by atoms with Gasteiger partial charge in [0.2, 0.25) is 0 Å². The Bertz CT molecular complexity index is 1360. The second-order valence-corrected chi connectivity index (χ2v) is 14.6. The van der Waals surface area contributed by atoms with Crippen LogP contribution >= 0.6 is 0 Å². The molecule has 11 nitrogen and oxygen atoms in total. The molecule has 7 bridgehead atoms. The molecule has 1 aromatic rings.